The summed E-state index contributed by atoms with van der Waals surface area (Å²) in [5, 5.41) is 0. The highest BCUT2D eigenvalue weighted by atomic mass is 16.5. The summed E-state index contributed by atoms with van der Waals surface area (Å²) in [6, 6.07) is 7.98. The Hall–Kier alpha value is -1.51. The van der Waals surface area contributed by atoms with Gasteiger partial charge in [0.25, 0.3) is 5.91 Å². The number of ether oxygens (including phenoxy) is 1. The normalized spacial score (nSPS) is 10.7. The van der Waals surface area contributed by atoms with Crippen LogP contribution in [0.15, 0.2) is 24.3 Å². The lowest BCUT2D eigenvalue weighted by Gasteiger charge is -2.21. The number of nitrogens with zero attached hydrogens (tertiary/aromatic N) is 1. The van der Waals surface area contributed by atoms with E-state index in [1.54, 1.807) is 0 Å². The van der Waals surface area contributed by atoms with E-state index in [9.17, 15) is 4.79 Å². The highest BCUT2D eigenvalue weighted by Crippen LogP contribution is 2.20. The molecule has 0 aromatic heterocycles. The van der Waals surface area contributed by atoms with Crippen molar-refractivity contribution < 1.29 is 9.53 Å². The first-order valence-electron chi connectivity index (χ1n) is 7.59. The summed E-state index contributed by atoms with van der Waals surface area (Å²) in [5.41, 5.74) is 1.23. The van der Waals surface area contributed by atoms with Crippen LogP contribution in [-0.4, -0.2) is 30.5 Å². The van der Waals surface area contributed by atoms with E-state index in [0.717, 1.165) is 31.7 Å². The van der Waals surface area contributed by atoms with Crippen molar-refractivity contribution in [2.24, 2.45) is 0 Å². The lowest BCUT2D eigenvalue weighted by Crippen LogP contribution is -2.36. The highest BCUT2D eigenvalue weighted by Gasteiger charge is 2.12. The molecule has 0 fully saturated rings. The molecule has 0 aliphatic rings. The standard InChI is InChI=1S/C17H27NO2/c1-5-10-18(11-6-2)17(19)13-20-16-9-7-8-15(12-16)14(3)4/h7-9,12,14H,5-6,10-11,13H2,1-4H3. The van der Waals surface area contributed by atoms with Gasteiger partial charge < -0.3 is 9.64 Å². The van der Waals surface area contributed by atoms with E-state index in [1.165, 1.54) is 5.56 Å². The molecule has 1 aromatic carbocycles. The molecule has 0 saturated carbocycles. The van der Waals surface area contributed by atoms with Gasteiger partial charge in [-0.05, 0) is 36.5 Å². The average molecular weight is 277 g/mol. The molecule has 0 bridgehead atoms. The van der Waals surface area contributed by atoms with Crippen LogP contribution in [0.25, 0.3) is 0 Å². The molecule has 1 rings (SSSR count). The summed E-state index contributed by atoms with van der Waals surface area (Å²) in [6.07, 6.45) is 1.96. The summed E-state index contributed by atoms with van der Waals surface area (Å²) in [6.45, 7) is 10.2. The molecule has 3 heteroatoms. The largest absolute Gasteiger partial charge is 0.484 e. The summed E-state index contributed by atoms with van der Waals surface area (Å²) in [4.78, 5) is 14.0. The zero-order valence-electron chi connectivity index (χ0n) is 13.2. The van der Waals surface area contributed by atoms with Crippen LogP contribution in [0, 0.1) is 0 Å². The predicted molar refractivity (Wildman–Crippen MR) is 83.2 cm³/mol. The zero-order valence-corrected chi connectivity index (χ0v) is 13.2. The molecule has 1 aromatic rings. The molecule has 112 valence electrons. The number of amides is 1. The van der Waals surface area contributed by atoms with Gasteiger partial charge in [-0.3, -0.25) is 4.79 Å². The van der Waals surface area contributed by atoms with Gasteiger partial charge in [-0.1, -0.05) is 39.8 Å². The Morgan fingerprint density at radius 1 is 1.20 bits per heavy atom. The molecule has 1 amide bonds. The van der Waals surface area contributed by atoms with Crippen LogP contribution in [0.3, 0.4) is 0 Å². The fourth-order valence-corrected chi connectivity index (χ4v) is 2.10. The first-order valence-corrected chi connectivity index (χ1v) is 7.59. The van der Waals surface area contributed by atoms with E-state index in [4.69, 9.17) is 4.74 Å². The fourth-order valence-electron chi connectivity index (χ4n) is 2.10. The minimum Gasteiger partial charge on any atom is -0.484 e. The predicted octanol–water partition coefficient (Wildman–Crippen LogP) is 3.84. The molecule has 0 spiro atoms. The molecule has 0 radical (unpaired) electrons. The van der Waals surface area contributed by atoms with Crippen molar-refractivity contribution in [2.75, 3.05) is 19.7 Å². The molecule has 0 heterocycles. The molecule has 0 unspecified atom stereocenters. The average Bonchev–Trinajstić information content (AvgIpc) is 2.45. The monoisotopic (exact) mass is 277 g/mol. The number of carbonyl (C=O) groups is 1. The first-order chi connectivity index (χ1) is 9.58. The van der Waals surface area contributed by atoms with Crippen molar-refractivity contribution in [1.82, 2.24) is 4.90 Å². The second-order valence-electron chi connectivity index (χ2n) is 5.40. The SMILES string of the molecule is CCCN(CCC)C(=O)COc1cccc(C(C)C)c1. The van der Waals surface area contributed by atoms with E-state index in [1.807, 2.05) is 23.1 Å². The van der Waals surface area contributed by atoms with Crippen molar-refractivity contribution in [3.63, 3.8) is 0 Å². The van der Waals surface area contributed by atoms with Crippen LogP contribution >= 0.6 is 0 Å². The summed E-state index contributed by atoms with van der Waals surface area (Å²) in [7, 11) is 0. The Morgan fingerprint density at radius 3 is 2.40 bits per heavy atom. The maximum Gasteiger partial charge on any atom is 0.260 e. The van der Waals surface area contributed by atoms with Crippen molar-refractivity contribution >= 4 is 5.91 Å². The highest BCUT2D eigenvalue weighted by molar-refractivity contribution is 5.77. The maximum absolute atomic E-state index is 12.1. The van der Waals surface area contributed by atoms with E-state index >= 15 is 0 Å². The maximum atomic E-state index is 12.1. The van der Waals surface area contributed by atoms with Crippen LogP contribution in [0.2, 0.25) is 0 Å². The van der Waals surface area contributed by atoms with E-state index in [0.29, 0.717) is 5.92 Å². The second kappa shape index (κ2) is 8.62. The van der Waals surface area contributed by atoms with Crippen molar-refractivity contribution in [3.05, 3.63) is 29.8 Å². The lowest BCUT2D eigenvalue weighted by molar-refractivity contribution is -0.133. The Morgan fingerprint density at radius 2 is 1.85 bits per heavy atom. The molecule has 0 N–H and O–H groups in total. The smallest absolute Gasteiger partial charge is 0.260 e. The van der Waals surface area contributed by atoms with Crippen LogP contribution in [-0.2, 0) is 4.79 Å². The van der Waals surface area contributed by atoms with E-state index in [2.05, 4.69) is 33.8 Å². The quantitative estimate of drug-likeness (QED) is 0.722. The van der Waals surface area contributed by atoms with Crippen molar-refractivity contribution in [2.45, 2.75) is 46.5 Å². The van der Waals surface area contributed by atoms with Gasteiger partial charge in [0.1, 0.15) is 5.75 Å². The molecule has 3 nitrogen and oxygen atoms in total. The Bertz CT molecular complexity index is 409. The number of rotatable bonds is 8. The topological polar surface area (TPSA) is 29.5 Å². The summed E-state index contributed by atoms with van der Waals surface area (Å²) >= 11 is 0. The zero-order chi connectivity index (χ0) is 15.0. The Kier molecular flexibility index (Phi) is 7.13. The van der Waals surface area contributed by atoms with Gasteiger partial charge in [-0.2, -0.15) is 0 Å². The van der Waals surface area contributed by atoms with Gasteiger partial charge in [-0.25, -0.2) is 0 Å². The Labute approximate surface area is 122 Å². The molecular weight excluding hydrogens is 250 g/mol. The molecule has 0 aliphatic carbocycles. The Balaban J connectivity index is 2.57. The third-order valence-corrected chi connectivity index (χ3v) is 3.23. The minimum atomic E-state index is 0.0728. The number of hydrogen-bond acceptors (Lipinski definition) is 2. The number of hydrogen-bond donors (Lipinski definition) is 0. The second-order valence-corrected chi connectivity index (χ2v) is 5.40. The first kappa shape index (κ1) is 16.5. The molecule has 0 atom stereocenters. The van der Waals surface area contributed by atoms with Crippen LogP contribution in [0.1, 0.15) is 52.0 Å². The summed E-state index contributed by atoms with van der Waals surface area (Å²) < 4.78 is 5.64. The van der Waals surface area contributed by atoms with Gasteiger partial charge >= 0.3 is 0 Å². The fraction of sp³-hybridized carbons (Fsp3) is 0.588. The number of carbonyl (C=O) groups excluding carboxylic acids is 1. The molecule has 0 saturated heterocycles. The van der Waals surface area contributed by atoms with Gasteiger partial charge in [0.05, 0.1) is 0 Å². The van der Waals surface area contributed by atoms with Gasteiger partial charge in [0.15, 0.2) is 6.61 Å². The molecule has 0 aliphatic heterocycles. The summed E-state index contributed by atoms with van der Waals surface area (Å²) in [5.74, 6) is 1.31. The van der Waals surface area contributed by atoms with E-state index < -0.39 is 0 Å². The van der Waals surface area contributed by atoms with Crippen LogP contribution < -0.4 is 4.74 Å². The van der Waals surface area contributed by atoms with Gasteiger partial charge in [0.2, 0.25) is 0 Å². The van der Waals surface area contributed by atoms with E-state index in [-0.39, 0.29) is 12.5 Å². The lowest BCUT2D eigenvalue weighted by atomic mass is 10.0. The van der Waals surface area contributed by atoms with Gasteiger partial charge in [-0.15, -0.1) is 0 Å². The number of benzene rings is 1. The third kappa shape index (κ3) is 5.24. The van der Waals surface area contributed by atoms with Crippen LogP contribution in [0.4, 0.5) is 0 Å². The van der Waals surface area contributed by atoms with Gasteiger partial charge in [0, 0.05) is 13.1 Å². The third-order valence-electron chi connectivity index (χ3n) is 3.23. The van der Waals surface area contributed by atoms with Crippen molar-refractivity contribution in [1.29, 1.82) is 0 Å². The van der Waals surface area contributed by atoms with Crippen molar-refractivity contribution in [3.8, 4) is 5.75 Å². The van der Waals surface area contributed by atoms with Crippen LogP contribution in [0.5, 0.6) is 5.75 Å². The minimum absolute atomic E-state index is 0.0728. The molecule has 20 heavy (non-hydrogen) atoms. The molecular formula is C17H27NO2.